The van der Waals surface area contributed by atoms with Crippen LogP contribution >= 0.6 is 0 Å². The Balaban J connectivity index is 2.94. The van der Waals surface area contributed by atoms with Gasteiger partial charge in [-0.1, -0.05) is 13.8 Å². The molecule has 0 rings (SSSR count). The summed E-state index contributed by atoms with van der Waals surface area (Å²) in [4.78, 5) is 0. The van der Waals surface area contributed by atoms with E-state index in [4.69, 9.17) is 4.74 Å². The van der Waals surface area contributed by atoms with Crippen LogP contribution in [-0.4, -0.2) is 45.8 Å². The SMILES string of the molecule is CC(C)CNCCCNCCCOCC(F)F. The van der Waals surface area contributed by atoms with Crippen LogP contribution in [-0.2, 0) is 4.74 Å². The van der Waals surface area contributed by atoms with E-state index < -0.39 is 13.0 Å². The van der Waals surface area contributed by atoms with Gasteiger partial charge in [0.1, 0.15) is 6.61 Å². The minimum absolute atomic E-state index is 0.406. The molecular formula is C12H26F2N2O. The van der Waals surface area contributed by atoms with Crippen LogP contribution in [0.5, 0.6) is 0 Å². The number of halogens is 2. The number of hydrogen-bond donors (Lipinski definition) is 2. The molecule has 0 bridgehead atoms. The van der Waals surface area contributed by atoms with Crippen LogP contribution in [0.1, 0.15) is 26.7 Å². The lowest BCUT2D eigenvalue weighted by Gasteiger charge is -2.08. The first kappa shape index (κ1) is 16.7. The van der Waals surface area contributed by atoms with Gasteiger partial charge in [0.2, 0.25) is 0 Å². The predicted molar refractivity (Wildman–Crippen MR) is 66.6 cm³/mol. The number of rotatable bonds is 12. The number of nitrogens with one attached hydrogen (secondary N) is 2. The van der Waals surface area contributed by atoms with Gasteiger partial charge < -0.3 is 15.4 Å². The molecule has 0 radical (unpaired) electrons. The Bertz CT molecular complexity index is 141. The summed E-state index contributed by atoms with van der Waals surface area (Å²) in [6.45, 7) is 8.19. The maximum Gasteiger partial charge on any atom is 0.261 e. The second-order valence-electron chi connectivity index (χ2n) is 4.52. The van der Waals surface area contributed by atoms with Gasteiger partial charge in [0, 0.05) is 6.61 Å². The zero-order valence-corrected chi connectivity index (χ0v) is 11.0. The maximum absolute atomic E-state index is 11.7. The molecule has 104 valence electrons. The molecule has 0 aliphatic carbocycles. The van der Waals surface area contributed by atoms with Crippen molar-refractivity contribution in [2.75, 3.05) is 39.4 Å². The average molecular weight is 252 g/mol. The molecule has 0 saturated heterocycles. The highest BCUT2D eigenvalue weighted by Crippen LogP contribution is 1.92. The van der Waals surface area contributed by atoms with Crippen LogP contribution in [0.25, 0.3) is 0 Å². The summed E-state index contributed by atoms with van der Waals surface area (Å²) in [5, 5.41) is 6.61. The van der Waals surface area contributed by atoms with E-state index in [2.05, 4.69) is 24.5 Å². The molecule has 0 amide bonds. The fourth-order valence-electron chi connectivity index (χ4n) is 1.33. The van der Waals surface area contributed by atoms with Crippen molar-refractivity contribution >= 4 is 0 Å². The highest BCUT2D eigenvalue weighted by atomic mass is 19.3. The third-order valence-corrected chi connectivity index (χ3v) is 2.15. The first-order chi connectivity index (χ1) is 8.13. The molecular weight excluding hydrogens is 226 g/mol. The van der Waals surface area contributed by atoms with E-state index in [9.17, 15) is 8.78 Å². The molecule has 0 aromatic heterocycles. The lowest BCUT2D eigenvalue weighted by molar-refractivity contribution is 0.0168. The van der Waals surface area contributed by atoms with E-state index in [0.29, 0.717) is 12.5 Å². The van der Waals surface area contributed by atoms with E-state index in [1.807, 2.05) is 0 Å². The van der Waals surface area contributed by atoms with Crippen LogP contribution in [0.15, 0.2) is 0 Å². The van der Waals surface area contributed by atoms with Gasteiger partial charge in [0.15, 0.2) is 0 Å². The molecule has 3 nitrogen and oxygen atoms in total. The first-order valence-corrected chi connectivity index (χ1v) is 6.40. The Hall–Kier alpha value is -0.260. The molecule has 0 saturated carbocycles. The third kappa shape index (κ3) is 15.7. The molecule has 0 unspecified atom stereocenters. The van der Waals surface area contributed by atoms with Crippen molar-refractivity contribution in [1.29, 1.82) is 0 Å². The lowest BCUT2D eigenvalue weighted by Crippen LogP contribution is -2.25. The summed E-state index contributed by atoms with van der Waals surface area (Å²) >= 11 is 0. The predicted octanol–water partition coefficient (Wildman–Crippen LogP) is 1.88. The molecule has 0 heterocycles. The van der Waals surface area contributed by atoms with Gasteiger partial charge in [-0.15, -0.1) is 0 Å². The second kappa shape index (κ2) is 12.2. The third-order valence-electron chi connectivity index (χ3n) is 2.15. The summed E-state index contributed by atoms with van der Waals surface area (Å²) in [6, 6.07) is 0. The Morgan fingerprint density at radius 3 is 2.29 bits per heavy atom. The van der Waals surface area contributed by atoms with Crippen molar-refractivity contribution in [2.24, 2.45) is 5.92 Å². The Labute approximate surface area is 103 Å². The van der Waals surface area contributed by atoms with Gasteiger partial charge in [-0.05, 0) is 44.9 Å². The van der Waals surface area contributed by atoms with E-state index in [1.54, 1.807) is 0 Å². The smallest absolute Gasteiger partial charge is 0.261 e. The fourth-order valence-corrected chi connectivity index (χ4v) is 1.33. The largest absolute Gasteiger partial charge is 0.375 e. The number of hydrogen-bond acceptors (Lipinski definition) is 3. The quantitative estimate of drug-likeness (QED) is 0.520. The standard InChI is InChI=1S/C12H26F2N2O/c1-11(2)9-16-6-3-5-15-7-4-8-17-10-12(13)14/h11-12,15-16H,3-10H2,1-2H3. The number of ether oxygens (including phenoxy) is 1. The Morgan fingerprint density at radius 1 is 1.00 bits per heavy atom. The summed E-state index contributed by atoms with van der Waals surface area (Å²) < 4.78 is 28.1. The second-order valence-corrected chi connectivity index (χ2v) is 4.52. The van der Waals surface area contributed by atoms with Gasteiger partial charge >= 0.3 is 0 Å². The molecule has 0 aromatic carbocycles. The highest BCUT2D eigenvalue weighted by molar-refractivity contribution is 4.54. The van der Waals surface area contributed by atoms with Crippen LogP contribution in [0, 0.1) is 5.92 Å². The Kier molecular flexibility index (Phi) is 12.0. The Morgan fingerprint density at radius 2 is 1.65 bits per heavy atom. The van der Waals surface area contributed by atoms with Crippen LogP contribution in [0.4, 0.5) is 8.78 Å². The minimum Gasteiger partial charge on any atom is -0.375 e. The lowest BCUT2D eigenvalue weighted by atomic mass is 10.2. The van der Waals surface area contributed by atoms with Gasteiger partial charge in [-0.3, -0.25) is 0 Å². The molecule has 0 spiro atoms. The van der Waals surface area contributed by atoms with E-state index in [1.165, 1.54) is 0 Å². The van der Waals surface area contributed by atoms with Crippen LogP contribution < -0.4 is 10.6 Å². The average Bonchev–Trinajstić information content (AvgIpc) is 2.25. The minimum atomic E-state index is -2.35. The normalized spacial score (nSPS) is 11.6. The van der Waals surface area contributed by atoms with E-state index in [0.717, 1.165) is 39.0 Å². The number of alkyl halides is 2. The van der Waals surface area contributed by atoms with Crippen molar-refractivity contribution in [1.82, 2.24) is 10.6 Å². The van der Waals surface area contributed by atoms with Gasteiger partial charge in [-0.25, -0.2) is 8.78 Å². The van der Waals surface area contributed by atoms with Gasteiger partial charge in [0.25, 0.3) is 6.43 Å². The topological polar surface area (TPSA) is 33.3 Å². The zero-order chi connectivity index (χ0) is 12.9. The maximum atomic E-state index is 11.7. The molecule has 0 aromatic rings. The monoisotopic (exact) mass is 252 g/mol. The molecule has 2 N–H and O–H groups in total. The van der Waals surface area contributed by atoms with Crippen LogP contribution in [0.2, 0.25) is 0 Å². The molecule has 17 heavy (non-hydrogen) atoms. The molecule has 0 aliphatic heterocycles. The van der Waals surface area contributed by atoms with Gasteiger partial charge in [0.05, 0.1) is 0 Å². The van der Waals surface area contributed by atoms with E-state index >= 15 is 0 Å². The molecule has 0 aliphatic rings. The van der Waals surface area contributed by atoms with E-state index in [-0.39, 0.29) is 0 Å². The first-order valence-electron chi connectivity index (χ1n) is 6.40. The molecule has 0 fully saturated rings. The van der Waals surface area contributed by atoms with Crippen molar-refractivity contribution in [2.45, 2.75) is 33.1 Å². The van der Waals surface area contributed by atoms with Crippen molar-refractivity contribution in [3.63, 3.8) is 0 Å². The fraction of sp³-hybridized carbons (Fsp3) is 1.00. The summed E-state index contributed by atoms with van der Waals surface area (Å²) in [5.74, 6) is 0.690. The van der Waals surface area contributed by atoms with Crippen molar-refractivity contribution < 1.29 is 13.5 Å². The molecule has 5 heteroatoms. The summed E-state index contributed by atoms with van der Waals surface area (Å²) in [5.41, 5.74) is 0. The highest BCUT2D eigenvalue weighted by Gasteiger charge is 2.00. The summed E-state index contributed by atoms with van der Waals surface area (Å²) in [6.07, 6.45) is -0.480. The summed E-state index contributed by atoms with van der Waals surface area (Å²) in [7, 11) is 0. The van der Waals surface area contributed by atoms with Crippen molar-refractivity contribution in [3.8, 4) is 0 Å². The van der Waals surface area contributed by atoms with Crippen molar-refractivity contribution in [3.05, 3.63) is 0 Å². The van der Waals surface area contributed by atoms with Crippen LogP contribution in [0.3, 0.4) is 0 Å². The molecule has 0 atom stereocenters. The van der Waals surface area contributed by atoms with Gasteiger partial charge in [-0.2, -0.15) is 0 Å². The zero-order valence-electron chi connectivity index (χ0n) is 11.0.